The van der Waals surface area contributed by atoms with Gasteiger partial charge in [-0.1, -0.05) is 6.07 Å². The predicted molar refractivity (Wildman–Crippen MR) is 115 cm³/mol. The van der Waals surface area contributed by atoms with Crippen molar-refractivity contribution in [3.63, 3.8) is 0 Å². The molecule has 0 saturated heterocycles. The fourth-order valence-electron chi connectivity index (χ4n) is 2.83. The van der Waals surface area contributed by atoms with Gasteiger partial charge in [0.25, 0.3) is 0 Å². The Morgan fingerprint density at radius 3 is 2.40 bits per heavy atom. The lowest BCUT2D eigenvalue weighted by molar-refractivity contribution is 0.0697. The highest BCUT2D eigenvalue weighted by Gasteiger charge is 2.10. The number of hydrogen-bond acceptors (Lipinski definition) is 8. The van der Waals surface area contributed by atoms with Crippen LogP contribution in [0.15, 0.2) is 48.8 Å². The Labute approximate surface area is 173 Å². The molecule has 3 rings (SSSR count). The van der Waals surface area contributed by atoms with E-state index in [4.69, 9.17) is 20.3 Å². The molecule has 1 aromatic heterocycles. The monoisotopic (exact) mass is 409 g/mol. The summed E-state index contributed by atoms with van der Waals surface area (Å²) in [7, 11) is 3.20. The maximum Gasteiger partial charge on any atom is 0.335 e. The molecule has 0 aliphatic rings. The van der Waals surface area contributed by atoms with Crippen LogP contribution in [0.2, 0.25) is 0 Å². The molecule has 9 nitrogen and oxygen atoms in total. The summed E-state index contributed by atoms with van der Waals surface area (Å²) in [5, 5.41) is 15.3. The zero-order valence-electron chi connectivity index (χ0n) is 16.7. The van der Waals surface area contributed by atoms with E-state index < -0.39 is 5.97 Å². The normalized spacial score (nSPS) is 10.3. The van der Waals surface area contributed by atoms with Crippen molar-refractivity contribution in [1.82, 2.24) is 9.97 Å². The highest BCUT2D eigenvalue weighted by Crippen LogP contribution is 2.28. The largest absolute Gasteiger partial charge is 0.493 e. The Balaban J connectivity index is 1.64. The molecule has 9 heteroatoms. The quantitative estimate of drug-likeness (QED) is 0.421. The topological polar surface area (TPSA) is 132 Å². The van der Waals surface area contributed by atoms with Crippen LogP contribution in [0.1, 0.15) is 15.9 Å². The van der Waals surface area contributed by atoms with Crippen molar-refractivity contribution < 1.29 is 19.4 Å². The van der Waals surface area contributed by atoms with Crippen molar-refractivity contribution in [3.8, 4) is 11.5 Å². The smallest absolute Gasteiger partial charge is 0.335 e. The second kappa shape index (κ2) is 9.46. The lowest BCUT2D eigenvalue weighted by Crippen LogP contribution is -2.11. The van der Waals surface area contributed by atoms with Crippen molar-refractivity contribution in [3.05, 3.63) is 59.9 Å². The van der Waals surface area contributed by atoms with Gasteiger partial charge in [-0.25, -0.2) is 14.8 Å². The molecular formula is C21H23N5O4. The summed E-state index contributed by atoms with van der Waals surface area (Å²) in [6.45, 7) is 0.601. The van der Waals surface area contributed by atoms with Gasteiger partial charge in [0.1, 0.15) is 12.0 Å². The minimum atomic E-state index is -0.982. The molecular weight excluding hydrogens is 386 g/mol. The molecule has 0 atom stereocenters. The summed E-state index contributed by atoms with van der Waals surface area (Å²) < 4.78 is 10.6. The van der Waals surface area contributed by atoms with Crippen LogP contribution in [-0.2, 0) is 6.42 Å². The van der Waals surface area contributed by atoms with Gasteiger partial charge in [-0.3, -0.25) is 0 Å². The number of ether oxygens (including phenoxy) is 2. The van der Waals surface area contributed by atoms with Crippen molar-refractivity contribution in [2.24, 2.45) is 0 Å². The van der Waals surface area contributed by atoms with E-state index in [-0.39, 0.29) is 5.56 Å². The molecule has 0 radical (unpaired) electrons. The van der Waals surface area contributed by atoms with Gasteiger partial charge < -0.3 is 30.9 Å². The van der Waals surface area contributed by atoms with E-state index in [1.165, 1.54) is 18.5 Å². The average molecular weight is 409 g/mol. The first-order valence-electron chi connectivity index (χ1n) is 9.17. The summed E-state index contributed by atoms with van der Waals surface area (Å²) in [6, 6.07) is 12.1. The fourth-order valence-corrected chi connectivity index (χ4v) is 2.83. The molecule has 156 valence electrons. The van der Waals surface area contributed by atoms with Gasteiger partial charge in [0, 0.05) is 12.2 Å². The van der Waals surface area contributed by atoms with E-state index in [1.54, 1.807) is 26.4 Å². The first-order chi connectivity index (χ1) is 14.5. The molecule has 30 heavy (non-hydrogen) atoms. The van der Waals surface area contributed by atoms with Crippen LogP contribution >= 0.6 is 0 Å². The lowest BCUT2D eigenvalue weighted by atomic mass is 10.1. The third-order valence-electron chi connectivity index (χ3n) is 4.43. The lowest BCUT2D eigenvalue weighted by Gasteiger charge is -2.13. The average Bonchev–Trinajstić information content (AvgIpc) is 2.76. The number of aromatic carboxylic acids is 1. The van der Waals surface area contributed by atoms with Crippen LogP contribution < -0.4 is 25.8 Å². The zero-order valence-corrected chi connectivity index (χ0v) is 16.7. The SMILES string of the molecule is COc1ccc(CCNc2ncnc(Nc3ccc(C(=O)O)cc3)c2N)cc1OC. The second-order valence-electron chi connectivity index (χ2n) is 6.36. The Hall–Kier alpha value is -4.01. The third kappa shape index (κ3) is 4.88. The summed E-state index contributed by atoms with van der Waals surface area (Å²) in [6.07, 6.45) is 2.13. The molecule has 5 N–H and O–H groups in total. The second-order valence-corrected chi connectivity index (χ2v) is 6.36. The standard InChI is InChI=1S/C21H23N5O4/c1-29-16-8-3-13(11-17(16)30-2)9-10-23-19-18(22)20(25-12-24-19)26-15-6-4-14(5-7-15)21(27)28/h3-8,11-12H,9-10,22H2,1-2H3,(H,27,28)(H2,23,24,25,26). The number of anilines is 4. The minimum absolute atomic E-state index is 0.203. The van der Waals surface area contributed by atoms with Crippen LogP contribution in [0.3, 0.4) is 0 Å². The highest BCUT2D eigenvalue weighted by atomic mass is 16.5. The number of carboxylic acid groups (broad SMARTS) is 1. The Morgan fingerprint density at radius 1 is 1.03 bits per heavy atom. The number of methoxy groups -OCH3 is 2. The summed E-state index contributed by atoms with van der Waals surface area (Å²) >= 11 is 0. The van der Waals surface area contributed by atoms with Gasteiger partial charge in [-0.15, -0.1) is 0 Å². The van der Waals surface area contributed by atoms with Gasteiger partial charge >= 0.3 is 5.97 Å². The van der Waals surface area contributed by atoms with Crippen LogP contribution in [-0.4, -0.2) is 41.8 Å². The first kappa shape index (κ1) is 20.7. The predicted octanol–water partition coefficient (Wildman–Crippen LogP) is 3.17. The van der Waals surface area contributed by atoms with Gasteiger partial charge in [0.05, 0.1) is 19.8 Å². The Kier molecular flexibility index (Phi) is 6.53. The third-order valence-corrected chi connectivity index (χ3v) is 4.43. The van der Waals surface area contributed by atoms with Crippen LogP contribution in [0.4, 0.5) is 23.0 Å². The van der Waals surface area contributed by atoms with E-state index in [0.29, 0.717) is 41.1 Å². The first-order valence-corrected chi connectivity index (χ1v) is 9.17. The number of nitrogens with one attached hydrogen (secondary N) is 2. The number of nitrogens with zero attached hydrogens (tertiary/aromatic N) is 2. The fraction of sp³-hybridized carbons (Fsp3) is 0.190. The molecule has 0 saturated carbocycles. The number of aromatic nitrogens is 2. The number of hydrogen-bond donors (Lipinski definition) is 4. The van der Waals surface area contributed by atoms with Gasteiger partial charge in [0.15, 0.2) is 23.1 Å². The van der Waals surface area contributed by atoms with E-state index in [1.807, 2.05) is 18.2 Å². The number of nitrogen functional groups attached to an aromatic ring is 1. The van der Waals surface area contributed by atoms with Crippen LogP contribution in [0.25, 0.3) is 0 Å². The molecule has 0 unspecified atom stereocenters. The van der Waals surface area contributed by atoms with Gasteiger partial charge in [-0.05, 0) is 48.4 Å². The Morgan fingerprint density at radius 2 is 1.73 bits per heavy atom. The number of carboxylic acids is 1. The molecule has 0 spiro atoms. The molecule has 1 heterocycles. The van der Waals surface area contributed by atoms with E-state index in [2.05, 4.69) is 20.6 Å². The van der Waals surface area contributed by atoms with Crippen LogP contribution in [0.5, 0.6) is 11.5 Å². The molecule has 2 aromatic carbocycles. The summed E-state index contributed by atoms with van der Waals surface area (Å²) in [5.41, 5.74) is 8.50. The highest BCUT2D eigenvalue weighted by molar-refractivity contribution is 5.88. The molecule has 0 bridgehead atoms. The van der Waals surface area contributed by atoms with Gasteiger partial charge in [0.2, 0.25) is 0 Å². The summed E-state index contributed by atoms with van der Waals surface area (Å²) in [5.74, 6) is 1.32. The van der Waals surface area contributed by atoms with Gasteiger partial charge in [-0.2, -0.15) is 0 Å². The molecule has 0 aliphatic heterocycles. The molecule has 0 amide bonds. The number of rotatable bonds is 9. The van der Waals surface area contributed by atoms with Crippen molar-refractivity contribution in [1.29, 1.82) is 0 Å². The van der Waals surface area contributed by atoms with E-state index >= 15 is 0 Å². The number of nitrogens with two attached hydrogens (primary N) is 1. The zero-order chi connectivity index (χ0) is 21.5. The molecule has 3 aromatic rings. The summed E-state index contributed by atoms with van der Waals surface area (Å²) in [4.78, 5) is 19.3. The van der Waals surface area contributed by atoms with Crippen molar-refractivity contribution >= 4 is 29.0 Å². The molecule has 0 fully saturated rings. The number of benzene rings is 2. The van der Waals surface area contributed by atoms with Crippen molar-refractivity contribution in [2.45, 2.75) is 6.42 Å². The maximum absolute atomic E-state index is 11.0. The molecule has 0 aliphatic carbocycles. The minimum Gasteiger partial charge on any atom is -0.493 e. The van der Waals surface area contributed by atoms with E-state index in [9.17, 15) is 4.79 Å². The van der Waals surface area contributed by atoms with Crippen molar-refractivity contribution in [2.75, 3.05) is 37.1 Å². The number of carbonyl (C=O) groups is 1. The Bertz CT molecular complexity index is 1020. The maximum atomic E-state index is 11.0. The van der Waals surface area contributed by atoms with E-state index in [0.717, 1.165) is 12.0 Å². The van der Waals surface area contributed by atoms with Crippen LogP contribution in [0, 0.1) is 0 Å².